The second kappa shape index (κ2) is 7.28. The standard InChI is InChI=1S/C18H8ClF10NO/c19-12-3-8(1-2-13(12)20)14-7-15(31-30-14,18(27,28)29)9-4-10(16(21,22)23)6-11(5-9)17(24,25)26/h1-6H,7H2. The van der Waals surface area contributed by atoms with Crippen molar-refractivity contribution in [3.8, 4) is 0 Å². The van der Waals surface area contributed by atoms with Gasteiger partial charge in [-0.1, -0.05) is 22.8 Å². The Balaban J connectivity index is 2.16. The first-order chi connectivity index (χ1) is 14.0. The van der Waals surface area contributed by atoms with E-state index in [1.165, 1.54) is 0 Å². The molecule has 0 bridgehead atoms. The third-order valence-electron chi connectivity index (χ3n) is 4.49. The van der Waals surface area contributed by atoms with E-state index in [1.807, 2.05) is 0 Å². The van der Waals surface area contributed by atoms with Crippen molar-refractivity contribution in [3.63, 3.8) is 0 Å². The average Bonchev–Trinajstić information content (AvgIpc) is 3.09. The molecule has 0 radical (unpaired) electrons. The van der Waals surface area contributed by atoms with Crippen molar-refractivity contribution >= 4 is 17.3 Å². The van der Waals surface area contributed by atoms with Crippen LogP contribution in [0.2, 0.25) is 5.02 Å². The fourth-order valence-corrected chi connectivity index (χ4v) is 3.10. The predicted molar refractivity (Wildman–Crippen MR) is 87.8 cm³/mol. The van der Waals surface area contributed by atoms with Crippen LogP contribution in [-0.2, 0) is 22.8 Å². The molecule has 2 aromatic carbocycles. The van der Waals surface area contributed by atoms with Gasteiger partial charge in [-0.2, -0.15) is 39.5 Å². The highest BCUT2D eigenvalue weighted by molar-refractivity contribution is 6.31. The van der Waals surface area contributed by atoms with Crippen molar-refractivity contribution < 1.29 is 48.7 Å². The molecular weight excluding hydrogens is 472 g/mol. The van der Waals surface area contributed by atoms with Gasteiger partial charge in [-0.05, 0) is 30.3 Å². The average molecular weight is 480 g/mol. The summed E-state index contributed by atoms with van der Waals surface area (Å²) >= 11 is 5.57. The van der Waals surface area contributed by atoms with E-state index in [0.29, 0.717) is 0 Å². The molecule has 2 aromatic rings. The van der Waals surface area contributed by atoms with Gasteiger partial charge >= 0.3 is 18.5 Å². The van der Waals surface area contributed by atoms with Crippen LogP contribution in [0.3, 0.4) is 0 Å². The van der Waals surface area contributed by atoms with Crippen LogP contribution in [-0.4, -0.2) is 11.9 Å². The first-order valence-corrected chi connectivity index (χ1v) is 8.49. The highest BCUT2D eigenvalue weighted by Gasteiger charge is 2.63. The monoisotopic (exact) mass is 479 g/mol. The van der Waals surface area contributed by atoms with Crippen LogP contribution in [0.1, 0.15) is 28.7 Å². The maximum absolute atomic E-state index is 13.9. The van der Waals surface area contributed by atoms with Crippen LogP contribution < -0.4 is 0 Å². The van der Waals surface area contributed by atoms with Gasteiger partial charge in [-0.15, -0.1) is 0 Å². The molecule has 1 aliphatic rings. The molecule has 2 nitrogen and oxygen atoms in total. The minimum absolute atomic E-state index is 0.0706. The molecule has 0 aromatic heterocycles. The number of hydrogen-bond acceptors (Lipinski definition) is 2. The van der Waals surface area contributed by atoms with E-state index in [2.05, 4.69) is 9.99 Å². The van der Waals surface area contributed by atoms with Gasteiger partial charge in [0.1, 0.15) is 5.82 Å². The maximum atomic E-state index is 13.9. The first kappa shape index (κ1) is 23.2. The lowest BCUT2D eigenvalue weighted by Gasteiger charge is -2.30. The Labute approximate surface area is 172 Å². The molecule has 0 amide bonds. The SMILES string of the molecule is Fc1ccc(C2=NOC(c3cc(C(F)(F)F)cc(C(F)(F)F)c3)(C(F)(F)F)C2)cc1Cl. The van der Waals surface area contributed by atoms with E-state index >= 15 is 0 Å². The Hall–Kier alpha value is -2.50. The van der Waals surface area contributed by atoms with Crippen LogP contribution in [0.4, 0.5) is 43.9 Å². The lowest BCUT2D eigenvalue weighted by atomic mass is 9.84. The molecule has 31 heavy (non-hydrogen) atoms. The van der Waals surface area contributed by atoms with Crippen LogP contribution in [0, 0.1) is 5.82 Å². The first-order valence-electron chi connectivity index (χ1n) is 8.12. The molecule has 13 heteroatoms. The smallest absolute Gasteiger partial charge is 0.374 e. The van der Waals surface area contributed by atoms with Crippen molar-refractivity contribution in [2.45, 2.75) is 30.6 Å². The summed E-state index contributed by atoms with van der Waals surface area (Å²) in [6.07, 6.45) is -17.5. The lowest BCUT2D eigenvalue weighted by Crippen LogP contribution is -2.43. The fraction of sp³-hybridized carbons (Fsp3) is 0.278. The summed E-state index contributed by atoms with van der Waals surface area (Å²) in [6, 6.07) is 2.25. The highest BCUT2D eigenvalue weighted by Crippen LogP contribution is 2.51. The lowest BCUT2D eigenvalue weighted by molar-refractivity contribution is -0.276. The Kier molecular flexibility index (Phi) is 5.44. The third-order valence-corrected chi connectivity index (χ3v) is 4.78. The van der Waals surface area contributed by atoms with Crippen molar-refractivity contribution in [3.05, 3.63) is 69.5 Å². The summed E-state index contributed by atoms with van der Waals surface area (Å²) in [5.74, 6) is -0.903. The topological polar surface area (TPSA) is 21.6 Å². The number of alkyl halides is 9. The summed E-state index contributed by atoms with van der Waals surface area (Å²) < 4.78 is 134. The van der Waals surface area contributed by atoms with E-state index in [9.17, 15) is 43.9 Å². The van der Waals surface area contributed by atoms with Gasteiger partial charge in [0.2, 0.25) is 0 Å². The Bertz CT molecular complexity index is 1010. The summed E-state index contributed by atoms with van der Waals surface area (Å²) in [6.45, 7) is 0. The maximum Gasteiger partial charge on any atom is 0.435 e. The Morgan fingerprint density at radius 3 is 1.84 bits per heavy atom. The molecule has 1 atom stereocenters. The summed E-state index contributed by atoms with van der Waals surface area (Å²) in [5, 5.41) is 2.73. The van der Waals surface area contributed by atoms with Crippen molar-refractivity contribution in [1.82, 2.24) is 0 Å². The summed E-state index contributed by atoms with van der Waals surface area (Å²) in [7, 11) is 0. The van der Waals surface area contributed by atoms with Crippen molar-refractivity contribution in [2.75, 3.05) is 0 Å². The minimum Gasteiger partial charge on any atom is -0.374 e. The molecule has 168 valence electrons. The van der Waals surface area contributed by atoms with Crippen LogP contribution in [0.5, 0.6) is 0 Å². The van der Waals surface area contributed by atoms with Gasteiger partial charge in [-0.3, -0.25) is 0 Å². The van der Waals surface area contributed by atoms with E-state index in [1.54, 1.807) is 0 Å². The molecule has 0 fully saturated rings. The molecule has 3 rings (SSSR count). The van der Waals surface area contributed by atoms with Crippen LogP contribution >= 0.6 is 11.6 Å². The second-order valence-electron chi connectivity index (χ2n) is 6.55. The number of rotatable bonds is 2. The van der Waals surface area contributed by atoms with Gasteiger partial charge in [0.15, 0.2) is 0 Å². The number of benzene rings is 2. The normalized spacial score (nSPS) is 19.9. The van der Waals surface area contributed by atoms with Crippen LogP contribution in [0.25, 0.3) is 0 Å². The van der Waals surface area contributed by atoms with E-state index in [4.69, 9.17) is 11.6 Å². The minimum atomic E-state index is -5.46. The predicted octanol–water partition coefficient (Wildman–Crippen LogP) is 7.10. The molecular formula is C18H8ClF10NO. The van der Waals surface area contributed by atoms with Gasteiger partial charge in [-0.25, -0.2) is 4.39 Å². The van der Waals surface area contributed by atoms with Crippen LogP contribution in [0.15, 0.2) is 41.6 Å². The van der Waals surface area contributed by atoms with Crippen molar-refractivity contribution in [2.24, 2.45) is 5.16 Å². The number of hydrogen-bond donors (Lipinski definition) is 0. The summed E-state index contributed by atoms with van der Waals surface area (Å²) in [5.41, 5.74) is -9.60. The van der Waals surface area contributed by atoms with E-state index in [-0.39, 0.29) is 23.8 Å². The molecule has 0 N–H and O–H groups in total. The zero-order valence-corrected chi connectivity index (χ0v) is 15.4. The molecule has 0 spiro atoms. The van der Waals surface area contributed by atoms with Crippen molar-refractivity contribution in [1.29, 1.82) is 0 Å². The quantitative estimate of drug-likeness (QED) is 0.421. The Morgan fingerprint density at radius 1 is 0.839 bits per heavy atom. The molecule has 1 heterocycles. The zero-order chi connectivity index (χ0) is 23.4. The van der Waals surface area contributed by atoms with Gasteiger partial charge < -0.3 is 4.84 Å². The summed E-state index contributed by atoms with van der Waals surface area (Å²) in [4.78, 5) is 4.45. The largest absolute Gasteiger partial charge is 0.435 e. The number of halogens is 11. The molecule has 0 saturated heterocycles. The fourth-order valence-electron chi connectivity index (χ4n) is 2.92. The Morgan fingerprint density at radius 2 is 1.39 bits per heavy atom. The van der Waals surface area contributed by atoms with Gasteiger partial charge in [0.25, 0.3) is 5.60 Å². The molecule has 1 aliphatic heterocycles. The van der Waals surface area contributed by atoms with Gasteiger partial charge in [0.05, 0.1) is 21.9 Å². The second-order valence-corrected chi connectivity index (χ2v) is 6.96. The molecule has 0 saturated carbocycles. The molecule has 1 unspecified atom stereocenters. The number of oxime groups is 1. The van der Waals surface area contributed by atoms with Gasteiger partial charge in [0, 0.05) is 17.5 Å². The van der Waals surface area contributed by atoms with E-state index in [0.717, 1.165) is 18.2 Å². The zero-order valence-electron chi connectivity index (χ0n) is 14.7. The third kappa shape index (κ3) is 4.30. The highest BCUT2D eigenvalue weighted by atomic mass is 35.5. The van der Waals surface area contributed by atoms with E-state index < -0.39 is 63.8 Å². The molecule has 0 aliphatic carbocycles. The number of nitrogens with zero attached hydrogens (tertiary/aromatic N) is 1.